The van der Waals surface area contributed by atoms with Gasteiger partial charge in [0.05, 0.1) is 24.3 Å². The molecule has 0 unspecified atom stereocenters. The molecule has 2 aromatic carbocycles. The molecule has 0 aliphatic heterocycles. The van der Waals surface area contributed by atoms with E-state index in [0.29, 0.717) is 29.2 Å². The quantitative estimate of drug-likeness (QED) is 0.192. The Morgan fingerprint density at radius 3 is 2.35 bits per heavy atom. The standard InChI is InChI=1S/C24H29N3O6S/c1-3-5-8-15-32-20-10-7-6-9-19(20)22(29)25-24(34)27-26-21(28)16-33-18-13-11-17(12-14-18)23(30)31-4-2/h6-7,9-14H,3-5,8,15-16H2,1-2H3,(H,26,28)(H2,25,27,29,34). The van der Waals surface area contributed by atoms with E-state index in [2.05, 4.69) is 23.1 Å². The van der Waals surface area contributed by atoms with Crippen LogP contribution in [0.5, 0.6) is 11.5 Å². The summed E-state index contributed by atoms with van der Waals surface area (Å²) in [6, 6.07) is 13.1. The molecule has 0 atom stereocenters. The van der Waals surface area contributed by atoms with Crippen molar-refractivity contribution < 1.29 is 28.6 Å². The molecule has 2 rings (SSSR count). The van der Waals surface area contributed by atoms with Crippen molar-refractivity contribution in [3.8, 4) is 11.5 Å². The van der Waals surface area contributed by atoms with Crippen molar-refractivity contribution in [3.63, 3.8) is 0 Å². The van der Waals surface area contributed by atoms with Gasteiger partial charge in [-0.05, 0) is 62.0 Å². The van der Waals surface area contributed by atoms with E-state index in [-0.39, 0.29) is 18.3 Å². The van der Waals surface area contributed by atoms with Crippen LogP contribution >= 0.6 is 12.2 Å². The number of carbonyl (C=O) groups excluding carboxylic acids is 3. The number of hydrogen-bond acceptors (Lipinski definition) is 7. The van der Waals surface area contributed by atoms with E-state index < -0.39 is 17.8 Å². The first-order valence-electron chi connectivity index (χ1n) is 11.0. The SMILES string of the molecule is CCCCCOc1ccccc1C(=O)NC(=S)NNC(=O)COc1ccc(C(=O)OCC)cc1. The van der Waals surface area contributed by atoms with Gasteiger partial charge in [0.2, 0.25) is 0 Å². The van der Waals surface area contributed by atoms with Gasteiger partial charge in [0.25, 0.3) is 11.8 Å². The highest BCUT2D eigenvalue weighted by molar-refractivity contribution is 7.80. The van der Waals surface area contributed by atoms with Crippen molar-refractivity contribution in [2.75, 3.05) is 19.8 Å². The molecule has 182 valence electrons. The van der Waals surface area contributed by atoms with Crippen molar-refractivity contribution in [3.05, 3.63) is 59.7 Å². The molecule has 0 bridgehead atoms. The fourth-order valence-electron chi connectivity index (χ4n) is 2.73. The van der Waals surface area contributed by atoms with Crippen molar-refractivity contribution in [1.29, 1.82) is 0 Å². The molecule has 0 aromatic heterocycles. The van der Waals surface area contributed by atoms with E-state index in [1.54, 1.807) is 55.5 Å². The number of nitrogens with one attached hydrogen (secondary N) is 3. The van der Waals surface area contributed by atoms with Gasteiger partial charge in [0.1, 0.15) is 11.5 Å². The van der Waals surface area contributed by atoms with Crippen LogP contribution < -0.4 is 25.6 Å². The average molecular weight is 488 g/mol. The van der Waals surface area contributed by atoms with Crippen molar-refractivity contribution >= 4 is 35.1 Å². The van der Waals surface area contributed by atoms with E-state index in [1.165, 1.54) is 0 Å². The first-order chi connectivity index (χ1) is 16.4. The number of benzene rings is 2. The molecule has 3 N–H and O–H groups in total. The topological polar surface area (TPSA) is 115 Å². The second-order valence-electron chi connectivity index (χ2n) is 7.04. The molecule has 9 nitrogen and oxygen atoms in total. The van der Waals surface area contributed by atoms with Crippen LogP contribution in [0, 0.1) is 0 Å². The number of rotatable bonds is 11. The second kappa shape index (κ2) is 14.5. The zero-order valence-corrected chi connectivity index (χ0v) is 20.0. The maximum absolute atomic E-state index is 12.5. The minimum atomic E-state index is -0.522. The number of hydrogen-bond donors (Lipinski definition) is 3. The van der Waals surface area contributed by atoms with Crippen LogP contribution in [0.1, 0.15) is 53.8 Å². The largest absolute Gasteiger partial charge is 0.493 e. The molecular formula is C24H29N3O6S. The first-order valence-corrected chi connectivity index (χ1v) is 11.4. The Balaban J connectivity index is 1.76. The van der Waals surface area contributed by atoms with E-state index >= 15 is 0 Å². The fourth-order valence-corrected chi connectivity index (χ4v) is 2.87. The van der Waals surface area contributed by atoms with Gasteiger partial charge in [0.15, 0.2) is 11.7 Å². The molecule has 34 heavy (non-hydrogen) atoms. The molecule has 0 aliphatic rings. The van der Waals surface area contributed by atoms with Gasteiger partial charge in [-0.2, -0.15) is 0 Å². The number of carbonyl (C=O) groups is 3. The van der Waals surface area contributed by atoms with Crippen molar-refractivity contribution in [2.45, 2.75) is 33.1 Å². The Morgan fingerprint density at radius 1 is 0.912 bits per heavy atom. The van der Waals surface area contributed by atoms with E-state index in [9.17, 15) is 14.4 Å². The number of hydrazine groups is 1. The predicted octanol–water partition coefficient (Wildman–Crippen LogP) is 3.15. The lowest BCUT2D eigenvalue weighted by Gasteiger charge is -2.13. The van der Waals surface area contributed by atoms with Gasteiger partial charge in [-0.3, -0.25) is 25.8 Å². The van der Waals surface area contributed by atoms with Crippen LogP contribution in [0.4, 0.5) is 0 Å². The minimum Gasteiger partial charge on any atom is -0.493 e. The van der Waals surface area contributed by atoms with Crippen LogP contribution in [0.3, 0.4) is 0 Å². The van der Waals surface area contributed by atoms with Crippen molar-refractivity contribution in [1.82, 2.24) is 16.2 Å². The van der Waals surface area contributed by atoms with E-state index in [4.69, 9.17) is 26.4 Å². The normalized spacial score (nSPS) is 10.1. The number of ether oxygens (including phenoxy) is 3. The molecular weight excluding hydrogens is 458 g/mol. The Bertz CT molecular complexity index is 981. The van der Waals surface area contributed by atoms with Gasteiger partial charge < -0.3 is 14.2 Å². The van der Waals surface area contributed by atoms with Crippen molar-refractivity contribution in [2.24, 2.45) is 0 Å². The summed E-state index contributed by atoms with van der Waals surface area (Å²) in [6.45, 7) is 4.32. The number of unbranched alkanes of at least 4 members (excludes halogenated alkanes) is 2. The zero-order chi connectivity index (χ0) is 24.8. The molecule has 0 saturated carbocycles. The van der Waals surface area contributed by atoms with Gasteiger partial charge in [-0.25, -0.2) is 4.79 Å². The summed E-state index contributed by atoms with van der Waals surface area (Å²) in [5.74, 6) is -0.557. The van der Waals surface area contributed by atoms with Gasteiger partial charge in [-0.1, -0.05) is 31.9 Å². The summed E-state index contributed by atoms with van der Waals surface area (Å²) in [7, 11) is 0. The highest BCUT2D eigenvalue weighted by Gasteiger charge is 2.14. The summed E-state index contributed by atoms with van der Waals surface area (Å²) in [4.78, 5) is 36.2. The zero-order valence-electron chi connectivity index (χ0n) is 19.2. The number of esters is 1. The van der Waals surface area contributed by atoms with Crippen LogP contribution in [-0.2, 0) is 9.53 Å². The molecule has 0 heterocycles. The molecule has 0 fully saturated rings. The lowest BCUT2D eigenvalue weighted by atomic mass is 10.2. The summed E-state index contributed by atoms with van der Waals surface area (Å²) < 4.78 is 16.0. The monoisotopic (exact) mass is 487 g/mol. The third-order valence-corrected chi connectivity index (χ3v) is 4.62. The lowest BCUT2D eigenvalue weighted by molar-refractivity contribution is -0.123. The van der Waals surface area contributed by atoms with Crippen LogP contribution in [-0.4, -0.2) is 42.7 Å². The molecule has 0 saturated heterocycles. The molecule has 0 aliphatic carbocycles. The fraction of sp³-hybridized carbons (Fsp3) is 0.333. The number of para-hydroxylation sites is 1. The molecule has 2 amide bonds. The van der Waals surface area contributed by atoms with E-state index in [1.807, 2.05) is 0 Å². The summed E-state index contributed by atoms with van der Waals surface area (Å²) in [5, 5.41) is 2.41. The Hall–Kier alpha value is -3.66. The third kappa shape index (κ3) is 9.07. The van der Waals surface area contributed by atoms with Crippen LogP contribution in [0.2, 0.25) is 0 Å². The van der Waals surface area contributed by atoms with Gasteiger partial charge in [-0.15, -0.1) is 0 Å². The predicted molar refractivity (Wildman–Crippen MR) is 131 cm³/mol. The maximum atomic E-state index is 12.5. The Labute approximate surface area is 204 Å². The third-order valence-electron chi connectivity index (χ3n) is 4.42. The summed E-state index contributed by atoms with van der Waals surface area (Å²) in [5.41, 5.74) is 5.52. The molecule has 0 spiro atoms. The van der Waals surface area contributed by atoms with Crippen LogP contribution in [0.15, 0.2) is 48.5 Å². The number of amides is 2. The van der Waals surface area contributed by atoms with Gasteiger partial charge >= 0.3 is 5.97 Å². The van der Waals surface area contributed by atoms with Gasteiger partial charge in [0, 0.05) is 0 Å². The molecule has 10 heteroatoms. The number of thiocarbonyl (C=S) groups is 1. The smallest absolute Gasteiger partial charge is 0.338 e. The second-order valence-corrected chi connectivity index (χ2v) is 7.45. The maximum Gasteiger partial charge on any atom is 0.338 e. The highest BCUT2D eigenvalue weighted by Crippen LogP contribution is 2.18. The Morgan fingerprint density at radius 2 is 1.65 bits per heavy atom. The summed E-state index contributed by atoms with van der Waals surface area (Å²) >= 11 is 5.07. The average Bonchev–Trinajstić information content (AvgIpc) is 2.84. The van der Waals surface area contributed by atoms with Crippen LogP contribution in [0.25, 0.3) is 0 Å². The highest BCUT2D eigenvalue weighted by atomic mass is 32.1. The first kappa shape index (κ1) is 26.6. The molecule has 0 radical (unpaired) electrons. The molecule has 2 aromatic rings. The minimum absolute atomic E-state index is 0.0853. The Kier molecular flexibility index (Phi) is 11.3. The van der Waals surface area contributed by atoms with E-state index in [0.717, 1.165) is 19.3 Å². The summed E-state index contributed by atoms with van der Waals surface area (Å²) in [6.07, 6.45) is 3.02. The lowest BCUT2D eigenvalue weighted by Crippen LogP contribution is -2.49.